The second-order valence-electron chi connectivity index (χ2n) is 6.09. The summed E-state index contributed by atoms with van der Waals surface area (Å²) in [4.78, 5) is 61.8. The predicted molar refractivity (Wildman–Crippen MR) is 99.7 cm³/mol. The molecule has 3 rings (SSSR count). The number of urea groups is 1. The molecule has 5 amide bonds. The van der Waals surface area contributed by atoms with Gasteiger partial charge in [-0.05, 0) is 12.1 Å². The summed E-state index contributed by atoms with van der Waals surface area (Å²) in [6.45, 7) is -0.664. The number of esters is 1. The Hall–Kier alpha value is -4.01. The minimum atomic E-state index is -1.43. The van der Waals surface area contributed by atoms with Crippen LogP contribution < -0.4 is 10.6 Å². The molecule has 0 aromatic heterocycles. The molecule has 0 radical (unpaired) electrons. The van der Waals surface area contributed by atoms with Crippen LogP contribution in [0.3, 0.4) is 0 Å². The molecule has 1 atom stereocenters. The average Bonchev–Trinajstić information content (AvgIpc) is 2.97. The van der Waals surface area contributed by atoms with Gasteiger partial charge in [0.25, 0.3) is 17.7 Å². The molecule has 0 unspecified atom stereocenters. The van der Waals surface area contributed by atoms with Gasteiger partial charge in [-0.3, -0.25) is 29.4 Å². The fourth-order valence-corrected chi connectivity index (χ4v) is 2.82. The summed E-state index contributed by atoms with van der Waals surface area (Å²) in [6, 6.07) is 13.5. The van der Waals surface area contributed by atoms with Crippen LogP contribution in [0.5, 0.6) is 0 Å². The largest absolute Gasteiger partial charge is 0.446 e. The zero-order chi connectivity index (χ0) is 21.0. The molecule has 148 valence electrons. The summed E-state index contributed by atoms with van der Waals surface area (Å²) in [7, 11) is 1.33. The number of nitrogens with zero attached hydrogens (tertiary/aromatic N) is 1. The Morgan fingerprint density at radius 1 is 0.931 bits per heavy atom. The van der Waals surface area contributed by atoms with Crippen molar-refractivity contribution in [3.8, 4) is 0 Å². The first-order valence-corrected chi connectivity index (χ1v) is 8.64. The van der Waals surface area contributed by atoms with Gasteiger partial charge in [0.2, 0.25) is 6.10 Å². The normalized spacial score (nSPS) is 13.5. The Kier molecular flexibility index (Phi) is 5.68. The molecule has 2 aromatic rings. The van der Waals surface area contributed by atoms with Crippen LogP contribution in [0.15, 0.2) is 54.6 Å². The zero-order valence-electron chi connectivity index (χ0n) is 15.4. The standard InChI is InChI=1S/C20H17N3O6/c1-21-20(28)22-17(25)16(12-7-3-2-4-8-12)29-15(24)11-23-18(26)13-9-5-6-10-14(13)19(23)27/h2-10,16H,11H2,1H3,(H2,21,22,25,28)/t16-/m1/s1. The SMILES string of the molecule is CNC(=O)NC(=O)[C@H](OC(=O)CN1C(=O)c2ccccc2C1=O)c1ccccc1. The van der Waals surface area contributed by atoms with E-state index in [-0.39, 0.29) is 11.1 Å². The van der Waals surface area contributed by atoms with Crippen LogP contribution in [0, 0.1) is 0 Å². The first-order valence-electron chi connectivity index (χ1n) is 8.64. The average molecular weight is 395 g/mol. The third-order valence-corrected chi connectivity index (χ3v) is 4.22. The molecule has 1 aliphatic rings. The molecule has 9 nitrogen and oxygen atoms in total. The molecule has 9 heteroatoms. The smallest absolute Gasteiger partial charge is 0.327 e. The number of imide groups is 2. The van der Waals surface area contributed by atoms with Crippen molar-refractivity contribution >= 4 is 29.7 Å². The number of nitrogens with one attached hydrogen (secondary N) is 2. The quantitative estimate of drug-likeness (QED) is 0.576. The lowest BCUT2D eigenvalue weighted by Gasteiger charge is -2.19. The van der Waals surface area contributed by atoms with Crippen LogP contribution >= 0.6 is 0 Å². The van der Waals surface area contributed by atoms with Gasteiger partial charge in [0.15, 0.2) is 0 Å². The second kappa shape index (κ2) is 8.34. The van der Waals surface area contributed by atoms with Crippen molar-refractivity contribution in [3.63, 3.8) is 0 Å². The van der Waals surface area contributed by atoms with Gasteiger partial charge >= 0.3 is 12.0 Å². The molecule has 0 aliphatic carbocycles. The fraction of sp³-hybridized carbons (Fsp3) is 0.150. The summed E-state index contributed by atoms with van der Waals surface area (Å²) in [5.74, 6) is -3.08. The highest BCUT2D eigenvalue weighted by atomic mass is 16.5. The molecule has 2 N–H and O–H groups in total. The summed E-state index contributed by atoms with van der Waals surface area (Å²) >= 11 is 0. The van der Waals surface area contributed by atoms with Gasteiger partial charge < -0.3 is 10.1 Å². The van der Waals surface area contributed by atoms with E-state index in [0.717, 1.165) is 4.90 Å². The number of rotatable bonds is 5. The van der Waals surface area contributed by atoms with E-state index in [1.54, 1.807) is 42.5 Å². The Balaban J connectivity index is 1.75. The Morgan fingerprint density at radius 3 is 2.03 bits per heavy atom. The molecule has 0 spiro atoms. The monoisotopic (exact) mass is 395 g/mol. The van der Waals surface area contributed by atoms with E-state index in [0.29, 0.717) is 5.56 Å². The highest BCUT2D eigenvalue weighted by Crippen LogP contribution is 2.23. The van der Waals surface area contributed by atoms with Gasteiger partial charge in [-0.15, -0.1) is 0 Å². The van der Waals surface area contributed by atoms with E-state index in [1.807, 2.05) is 5.32 Å². The molecule has 0 fully saturated rings. The van der Waals surface area contributed by atoms with Gasteiger partial charge in [-0.25, -0.2) is 4.79 Å². The Morgan fingerprint density at radius 2 is 1.48 bits per heavy atom. The van der Waals surface area contributed by atoms with Crippen LogP contribution in [0.4, 0.5) is 4.79 Å². The van der Waals surface area contributed by atoms with Crippen molar-refractivity contribution in [1.82, 2.24) is 15.5 Å². The lowest BCUT2D eigenvalue weighted by atomic mass is 10.1. The highest BCUT2D eigenvalue weighted by molar-refractivity contribution is 6.22. The fourth-order valence-electron chi connectivity index (χ4n) is 2.82. The van der Waals surface area contributed by atoms with Crippen molar-refractivity contribution in [2.45, 2.75) is 6.10 Å². The number of hydrogen-bond acceptors (Lipinski definition) is 6. The maximum atomic E-state index is 12.4. The number of fused-ring (bicyclic) bond motifs is 1. The summed E-state index contributed by atoms with van der Waals surface area (Å²) in [5.41, 5.74) is 0.717. The van der Waals surface area contributed by atoms with E-state index in [1.165, 1.54) is 19.2 Å². The van der Waals surface area contributed by atoms with Gasteiger partial charge in [0.1, 0.15) is 6.54 Å². The number of carbonyl (C=O) groups excluding carboxylic acids is 5. The third-order valence-electron chi connectivity index (χ3n) is 4.22. The van der Waals surface area contributed by atoms with Crippen LogP contribution in [-0.4, -0.2) is 48.2 Å². The molecule has 0 bridgehead atoms. The topological polar surface area (TPSA) is 122 Å². The van der Waals surface area contributed by atoms with E-state index >= 15 is 0 Å². The van der Waals surface area contributed by atoms with Crippen molar-refractivity contribution in [2.24, 2.45) is 0 Å². The van der Waals surface area contributed by atoms with Crippen LogP contribution in [0.1, 0.15) is 32.4 Å². The van der Waals surface area contributed by atoms with Crippen molar-refractivity contribution in [2.75, 3.05) is 13.6 Å². The van der Waals surface area contributed by atoms with Crippen molar-refractivity contribution in [3.05, 3.63) is 71.3 Å². The van der Waals surface area contributed by atoms with Crippen LogP contribution in [0.2, 0.25) is 0 Å². The van der Waals surface area contributed by atoms with E-state index < -0.39 is 42.4 Å². The van der Waals surface area contributed by atoms with E-state index in [9.17, 15) is 24.0 Å². The van der Waals surface area contributed by atoms with Crippen LogP contribution in [0.25, 0.3) is 0 Å². The first-order chi connectivity index (χ1) is 13.9. The molecule has 1 heterocycles. The molecule has 29 heavy (non-hydrogen) atoms. The Bertz CT molecular complexity index is 954. The highest BCUT2D eigenvalue weighted by Gasteiger charge is 2.37. The van der Waals surface area contributed by atoms with E-state index in [2.05, 4.69) is 5.32 Å². The lowest BCUT2D eigenvalue weighted by Crippen LogP contribution is -2.42. The lowest BCUT2D eigenvalue weighted by molar-refractivity contribution is -0.156. The minimum absolute atomic E-state index is 0.197. The number of ether oxygens (including phenoxy) is 1. The van der Waals surface area contributed by atoms with Gasteiger partial charge in [0, 0.05) is 12.6 Å². The maximum absolute atomic E-state index is 12.4. The first kappa shape index (κ1) is 19.7. The molecular weight excluding hydrogens is 378 g/mol. The number of hydrogen-bond donors (Lipinski definition) is 2. The third kappa shape index (κ3) is 4.13. The number of amides is 5. The van der Waals surface area contributed by atoms with E-state index in [4.69, 9.17) is 4.74 Å². The summed E-state index contributed by atoms with van der Waals surface area (Å²) in [6.07, 6.45) is -1.43. The molecule has 0 saturated carbocycles. The molecule has 0 saturated heterocycles. The number of benzene rings is 2. The molecular formula is C20H17N3O6. The molecule has 1 aliphatic heterocycles. The van der Waals surface area contributed by atoms with Gasteiger partial charge in [-0.2, -0.15) is 0 Å². The summed E-state index contributed by atoms with van der Waals surface area (Å²) < 4.78 is 5.22. The second-order valence-corrected chi connectivity index (χ2v) is 6.09. The molecule has 2 aromatic carbocycles. The van der Waals surface area contributed by atoms with Crippen molar-refractivity contribution < 1.29 is 28.7 Å². The van der Waals surface area contributed by atoms with Crippen LogP contribution in [-0.2, 0) is 14.3 Å². The Labute approximate surface area is 165 Å². The maximum Gasteiger partial charge on any atom is 0.327 e. The zero-order valence-corrected chi connectivity index (χ0v) is 15.4. The summed E-state index contributed by atoms with van der Waals surface area (Å²) in [5, 5.41) is 4.27. The van der Waals surface area contributed by atoms with Crippen molar-refractivity contribution in [1.29, 1.82) is 0 Å². The van der Waals surface area contributed by atoms with Gasteiger partial charge in [-0.1, -0.05) is 42.5 Å². The predicted octanol–water partition coefficient (Wildman–Crippen LogP) is 1.02. The minimum Gasteiger partial charge on any atom is -0.446 e. The number of carbonyl (C=O) groups is 5. The van der Waals surface area contributed by atoms with Gasteiger partial charge in [0.05, 0.1) is 11.1 Å².